The van der Waals surface area contributed by atoms with E-state index in [0.717, 1.165) is 107 Å². The number of nitrogens with one attached hydrogen (secondary N) is 3. The zero-order valence-corrected chi connectivity index (χ0v) is 59.7. The van der Waals surface area contributed by atoms with Crippen molar-refractivity contribution in [3.63, 3.8) is 0 Å². The van der Waals surface area contributed by atoms with Crippen LogP contribution in [0.15, 0.2) is 320 Å². The van der Waals surface area contributed by atoms with Crippen molar-refractivity contribution in [3.05, 3.63) is 347 Å². The number of nitrogens with two attached hydrogens (primary N) is 2. The normalized spacial score (nSPS) is 10.3. The maximum atomic E-state index is 12.1. The van der Waals surface area contributed by atoms with Gasteiger partial charge in [0.15, 0.2) is 17.0 Å². The molecular weight excluding hydrogens is 1360 g/mol. The number of ether oxygens (including phenoxy) is 4. The molecule has 13 rings (SSSR count). The Kier molecular flexibility index (Phi) is 33.8. The Hall–Kier alpha value is -11.9. The van der Waals surface area contributed by atoms with Crippen LogP contribution in [-0.4, -0.2) is 61.7 Å². The first-order chi connectivity index (χ1) is 50.0. The first kappa shape index (κ1) is 82.1. The number of nitrogen functional groups attached to an aromatic ring is 1. The van der Waals surface area contributed by atoms with Crippen molar-refractivity contribution in [2.45, 2.75) is 27.7 Å². The van der Waals surface area contributed by atoms with Crippen LogP contribution in [0.3, 0.4) is 0 Å². The van der Waals surface area contributed by atoms with E-state index in [9.17, 15) is 24.0 Å². The minimum Gasteiger partial charge on any atom is -0.497 e. The van der Waals surface area contributed by atoms with Gasteiger partial charge in [-0.2, -0.15) is 0 Å². The number of benzene rings is 11. The number of amides is 1. The number of hydrogen-bond acceptors (Lipinski definition) is 13. The SMILES string of the molecule is C.CC(=O)CC(=O)c1ccccc1.COc1ccc2c(=O)cc(-c3ccccc3)[nH]c2c1.COc1ccc2c(Cl)cc(-c3ccccc3)nc2c1.COc1cccc(N)c1.COc1cccc(N/C(=C\C(C)=O)c2ccccc2)c1.NC(=O)/C=C(\Nc1cccc(-c2ccccc2)c1)c1ccccc1.[Ar]. The van der Waals surface area contributed by atoms with Crippen LogP contribution < -0.4 is 46.5 Å². The summed E-state index contributed by atoms with van der Waals surface area (Å²) >= 11 is 6.33. The molecule has 0 unspecified atom stereocenters. The molecule has 2 aromatic heterocycles. The number of methoxy groups -OCH3 is 4. The number of allylic oxidation sites excluding steroid dienone is 1. The second-order valence-corrected chi connectivity index (χ2v) is 23.2. The summed E-state index contributed by atoms with van der Waals surface area (Å²) in [5, 5.41) is 8.86. The van der Waals surface area contributed by atoms with Crippen LogP contribution in [0.5, 0.6) is 23.0 Å². The molecule has 534 valence electrons. The van der Waals surface area contributed by atoms with Crippen LogP contribution >= 0.6 is 11.6 Å². The number of H-pyrrole nitrogens is 1. The molecule has 0 spiro atoms. The maximum Gasteiger partial charge on any atom is 0.243 e. The third-order valence-corrected chi connectivity index (χ3v) is 15.5. The first-order valence-corrected chi connectivity index (χ1v) is 33.0. The molecule has 0 saturated carbocycles. The van der Waals surface area contributed by atoms with Gasteiger partial charge in [0.1, 0.15) is 28.8 Å². The number of hydrogen-bond donors (Lipinski definition) is 5. The van der Waals surface area contributed by atoms with E-state index in [1.165, 1.54) is 19.9 Å². The molecule has 13 aromatic rings. The van der Waals surface area contributed by atoms with Gasteiger partial charge in [0, 0.05) is 131 Å². The van der Waals surface area contributed by atoms with E-state index in [4.69, 9.17) is 42.0 Å². The number of carbonyl (C=O) groups excluding carboxylic acids is 4. The zero-order valence-electron chi connectivity index (χ0n) is 58.2. The number of nitrogens with zero attached hydrogens (tertiary/aromatic N) is 1. The fourth-order valence-corrected chi connectivity index (χ4v) is 10.4. The largest absolute Gasteiger partial charge is 0.497 e. The van der Waals surface area contributed by atoms with Crippen molar-refractivity contribution < 1.29 is 75.9 Å². The molecule has 0 fully saturated rings. The van der Waals surface area contributed by atoms with Gasteiger partial charge in [-0.05, 0) is 108 Å². The van der Waals surface area contributed by atoms with E-state index in [0.29, 0.717) is 21.7 Å². The summed E-state index contributed by atoms with van der Waals surface area (Å²) < 4.78 is 20.5. The average Bonchev–Trinajstić information content (AvgIpc) is 0.800. The zero-order chi connectivity index (χ0) is 73.3. The monoisotopic (exact) mass is 1440 g/mol. The number of fused-ring (bicyclic) bond motifs is 2. The summed E-state index contributed by atoms with van der Waals surface area (Å²) in [6.45, 7) is 2.96. The minimum absolute atomic E-state index is 0. The molecule has 0 radical (unpaired) electrons. The average molecular weight is 1440 g/mol. The Labute approximate surface area is 648 Å². The minimum atomic E-state index is -0.486. The number of primary amides is 1. The van der Waals surface area contributed by atoms with Crippen molar-refractivity contribution in [2.75, 3.05) is 44.8 Å². The molecule has 105 heavy (non-hydrogen) atoms. The molecule has 17 heteroatoms. The Balaban J connectivity index is 0.000000201. The molecule has 0 atom stereocenters. The molecule has 0 bridgehead atoms. The van der Waals surface area contributed by atoms with Crippen LogP contribution in [-0.2, 0) is 14.4 Å². The number of aromatic nitrogens is 2. The van der Waals surface area contributed by atoms with E-state index in [-0.39, 0.29) is 74.4 Å². The van der Waals surface area contributed by atoms with Gasteiger partial charge in [-0.15, -0.1) is 0 Å². The third kappa shape index (κ3) is 26.5. The Morgan fingerprint density at radius 2 is 0.895 bits per heavy atom. The molecule has 2 heterocycles. The molecule has 0 aliphatic carbocycles. The van der Waals surface area contributed by atoms with Crippen LogP contribution in [0.25, 0.3) is 66.8 Å². The van der Waals surface area contributed by atoms with Gasteiger partial charge in [0.2, 0.25) is 5.91 Å². The second-order valence-electron chi connectivity index (χ2n) is 22.8. The number of carbonyl (C=O) groups is 4. The molecule has 0 saturated heterocycles. The van der Waals surface area contributed by atoms with Crippen molar-refractivity contribution in [2.24, 2.45) is 5.73 Å². The van der Waals surface area contributed by atoms with E-state index < -0.39 is 5.91 Å². The topological polar surface area (TPSA) is 227 Å². The predicted octanol–water partition coefficient (Wildman–Crippen LogP) is 19.6. The molecule has 1 amide bonds. The third-order valence-electron chi connectivity index (χ3n) is 15.2. The quantitative estimate of drug-likeness (QED) is 0.0233. The summed E-state index contributed by atoms with van der Waals surface area (Å²) in [5.41, 5.74) is 24.8. The number of ketones is 3. The molecule has 15 nitrogen and oxygen atoms in total. The number of halogens is 1. The van der Waals surface area contributed by atoms with Crippen molar-refractivity contribution >= 4 is 85.1 Å². The van der Waals surface area contributed by atoms with Gasteiger partial charge in [0.05, 0.1) is 62.3 Å². The Morgan fingerprint density at radius 1 is 0.457 bits per heavy atom. The van der Waals surface area contributed by atoms with E-state index >= 15 is 0 Å². The molecular formula is C88H83ArClN6O9. The van der Waals surface area contributed by atoms with Gasteiger partial charge in [-0.3, -0.25) is 24.0 Å². The van der Waals surface area contributed by atoms with Crippen LogP contribution in [0.2, 0.25) is 5.02 Å². The van der Waals surface area contributed by atoms with E-state index in [2.05, 4.69) is 38.8 Å². The predicted molar refractivity (Wildman–Crippen MR) is 426 cm³/mol. The number of pyridine rings is 2. The van der Waals surface area contributed by atoms with E-state index in [1.807, 2.05) is 237 Å². The van der Waals surface area contributed by atoms with Gasteiger partial charge >= 0.3 is 0 Å². The molecule has 7 N–H and O–H groups in total. The van der Waals surface area contributed by atoms with Crippen molar-refractivity contribution in [3.8, 4) is 56.6 Å². The van der Waals surface area contributed by atoms with Gasteiger partial charge in [0.25, 0.3) is 0 Å². The summed E-state index contributed by atoms with van der Waals surface area (Å²) in [7, 11) is 6.50. The molecule has 0 aliphatic rings. The van der Waals surface area contributed by atoms with Crippen LogP contribution in [0.4, 0.5) is 17.1 Å². The summed E-state index contributed by atoms with van der Waals surface area (Å²) in [6, 6.07) is 95.8. The van der Waals surface area contributed by atoms with Gasteiger partial charge in [-0.1, -0.05) is 225 Å². The number of anilines is 3. The smallest absolute Gasteiger partial charge is 0.243 e. The first-order valence-electron chi connectivity index (χ1n) is 32.6. The Morgan fingerprint density at radius 3 is 1.40 bits per heavy atom. The van der Waals surface area contributed by atoms with Gasteiger partial charge < -0.3 is 46.0 Å². The summed E-state index contributed by atoms with van der Waals surface area (Å²) in [6.07, 6.45) is 3.00. The van der Waals surface area contributed by atoms with E-state index in [1.54, 1.807) is 83.0 Å². The Bertz CT molecular complexity index is 5050. The number of Topliss-reactive ketones (excluding diaryl/α,β-unsaturated/α-hetero) is 2. The number of aromatic amines is 1. The van der Waals surface area contributed by atoms with Crippen molar-refractivity contribution in [1.29, 1.82) is 0 Å². The van der Waals surface area contributed by atoms with Crippen molar-refractivity contribution in [1.82, 2.24) is 9.97 Å². The van der Waals surface area contributed by atoms with Crippen LogP contribution in [0.1, 0.15) is 49.2 Å². The standard InChI is InChI=1S/C21H18N2O.C17H17NO2.C16H12ClNO.C16H13NO2.C10H10O2.C7H9NO.CH4.Ar/c22-21(24)15-20(17-10-5-2-6-11-17)23-19-13-7-12-18(14-19)16-8-3-1-4-9-16;1-13(19)11-17(14-7-4-3-5-8-14)18-15-9-6-10-16(12-15)20-2;1-19-12-7-8-13-14(17)10-15(18-16(13)9-12)11-5-3-2-4-6-11;1-19-12-7-8-13-15(9-12)17-14(10-16(13)18)11-5-3-2-4-6-11;1-8(11)7-10(12)9-5-3-2-4-6-9;1-9-7-4-2-3-6(8)5-7;;/h1-15,23H,(H2,22,24);3-12,18H,1-2H3;2-10H,1H3;2-10H,1H3,(H,17,18);2-6H,7H2,1H3;2-5H,8H2,1H3;1H4;/b20-15-;17-11-;;;;;;. The second kappa shape index (κ2) is 43.2. The fourth-order valence-electron chi connectivity index (χ4n) is 10.2. The van der Waals surface area contributed by atoms with Crippen LogP contribution in [0, 0.1) is 37.7 Å². The summed E-state index contributed by atoms with van der Waals surface area (Å²) in [4.78, 5) is 64.6. The number of rotatable bonds is 18. The molecule has 0 aliphatic heterocycles. The fraction of sp³-hybridized carbons (Fsp3) is 0.0909. The molecule has 11 aromatic carbocycles. The summed E-state index contributed by atoms with van der Waals surface area (Å²) in [5.74, 6) is 2.39. The maximum absolute atomic E-state index is 12.1. The van der Waals surface area contributed by atoms with Gasteiger partial charge in [-0.25, -0.2) is 4.98 Å².